The molecular weight excluding hydrogens is 260 g/mol. The number of aliphatic hydroxyl groups excluding tert-OH is 1. The van der Waals surface area contributed by atoms with Crippen molar-refractivity contribution in [1.29, 1.82) is 0 Å². The summed E-state index contributed by atoms with van der Waals surface area (Å²) in [7, 11) is 0. The number of aliphatic hydroxyl groups is 1. The van der Waals surface area contributed by atoms with E-state index in [2.05, 4.69) is 5.32 Å². The highest BCUT2D eigenvalue weighted by atomic mass is 16.6. The third kappa shape index (κ3) is 5.05. The van der Waals surface area contributed by atoms with Crippen molar-refractivity contribution < 1.29 is 14.8 Å². The first kappa shape index (κ1) is 16.2. The Hall–Kier alpha value is -1.82. The van der Waals surface area contributed by atoms with Gasteiger partial charge in [0, 0.05) is 36.4 Å². The van der Waals surface area contributed by atoms with Gasteiger partial charge in [0.25, 0.3) is 5.69 Å². The van der Waals surface area contributed by atoms with Crippen LogP contribution in [0.3, 0.4) is 0 Å². The molecule has 0 unspecified atom stereocenters. The van der Waals surface area contributed by atoms with Gasteiger partial charge in [-0.3, -0.25) is 10.1 Å². The molecular formula is C14H22N2O4. The highest BCUT2D eigenvalue weighted by molar-refractivity contribution is 5.56. The fourth-order valence-corrected chi connectivity index (χ4v) is 1.49. The summed E-state index contributed by atoms with van der Waals surface area (Å²) in [4.78, 5) is 10.5. The van der Waals surface area contributed by atoms with Gasteiger partial charge >= 0.3 is 0 Å². The lowest BCUT2D eigenvalue weighted by atomic mass is 9.95. The number of non-ortho nitro benzene ring substituents is 1. The van der Waals surface area contributed by atoms with E-state index in [4.69, 9.17) is 4.74 Å². The van der Waals surface area contributed by atoms with Crippen molar-refractivity contribution >= 4 is 11.4 Å². The molecule has 1 aromatic carbocycles. The van der Waals surface area contributed by atoms with Crippen LogP contribution < -0.4 is 10.1 Å². The summed E-state index contributed by atoms with van der Waals surface area (Å²) in [6.45, 7) is 6.85. The molecule has 0 spiro atoms. The Bertz CT molecular complexity index is 460. The van der Waals surface area contributed by atoms with Crippen LogP contribution in [0.2, 0.25) is 0 Å². The van der Waals surface area contributed by atoms with Crippen LogP contribution in [-0.2, 0) is 0 Å². The van der Waals surface area contributed by atoms with Crippen molar-refractivity contribution in [3.05, 3.63) is 28.3 Å². The van der Waals surface area contributed by atoms with Crippen LogP contribution in [0, 0.1) is 15.5 Å². The Morgan fingerprint density at radius 1 is 1.40 bits per heavy atom. The lowest BCUT2D eigenvalue weighted by Gasteiger charge is -2.22. The molecule has 0 heterocycles. The number of benzene rings is 1. The van der Waals surface area contributed by atoms with E-state index in [-0.39, 0.29) is 17.7 Å². The molecule has 1 aromatic rings. The van der Waals surface area contributed by atoms with Crippen LogP contribution in [0.1, 0.15) is 27.2 Å². The van der Waals surface area contributed by atoms with Gasteiger partial charge in [0.2, 0.25) is 0 Å². The SMILES string of the molecule is CCCOc1cc(NCC(C)(C)CO)cc([N+](=O)[O-])c1. The fourth-order valence-electron chi connectivity index (χ4n) is 1.49. The molecule has 1 rings (SSSR count). The van der Waals surface area contributed by atoms with Crippen molar-refractivity contribution in [1.82, 2.24) is 0 Å². The molecule has 0 saturated heterocycles. The van der Waals surface area contributed by atoms with Crippen molar-refractivity contribution in [2.45, 2.75) is 27.2 Å². The monoisotopic (exact) mass is 282 g/mol. The average Bonchev–Trinajstić information content (AvgIpc) is 2.43. The number of nitro groups is 1. The first-order chi connectivity index (χ1) is 9.38. The predicted molar refractivity (Wildman–Crippen MR) is 78.2 cm³/mol. The number of hydrogen-bond acceptors (Lipinski definition) is 5. The Balaban J connectivity index is 2.88. The second-order valence-corrected chi connectivity index (χ2v) is 5.50. The van der Waals surface area contributed by atoms with Gasteiger partial charge in [-0.2, -0.15) is 0 Å². The summed E-state index contributed by atoms with van der Waals surface area (Å²) in [5.41, 5.74) is 0.310. The van der Waals surface area contributed by atoms with E-state index in [9.17, 15) is 15.2 Å². The van der Waals surface area contributed by atoms with E-state index in [1.54, 1.807) is 6.07 Å². The number of nitrogens with zero attached hydrogens (tertiary/aromatic N) is 1. The molecule has 0 saturated carbocycles. The van der Waals surface area contributed by atoms with E-state index in [1.165, 1.54) is 12.1 Å². The van der Waals surface area contributed by atoms with Crippen LogP contribution in [0.25, 0.3) is 0 Å². The highest BCUT2D eigenvalue weighted by Gasteiger charge is 2.17. The van der Waals surface area contributed by atoms with Gasteiger partial charge in [-0.25, -0.2) is 0 Å². The third-order valence-electron chi connectivity index (χ3n) is 2.77. The van der Waals surface area contributed by atoms with Gasteiger partial charge in [-0.05, 0) is 6.42 Å². The molecule has 0 fully saturated rings. The van der Waals surface area contributed by atoms with E-state index in [0.29, 0.717) is 24.6 Å². The summed E-state index contributed by atoms with van der Waals surface area (Å²) in [5, 5.41) is 23.2. The molecule has 0 bridgehead atoms. The molecule has 0 aliphatic rings. The quantitative estimate of drug-likeness (QED) is 0.565. The minimum Gasteiger partial charge on any atom is -0.493 e. The number of nitro benzene ring substituents is 1. The van der Waals surface area contributed by atoms with Crippen LogP contribution >= 0.6 is 0 Å². The molecule has 2 N–H and O–H groups in total. The molecule has 6 heteroatoms. The second kappa shape index (κ2) is 7.09. The van der Waals surface area contributed by atoms with Gasteiger partial charge in [0.1, 0.15) is 5.75 Å². The first-order valence-corrected chi connectivity index (χ1v) is 6.65. The molecule has 0 aliphatic carbocycles. The topological polar surface area (TPSA) is 84.6 Å². The summed E-state index contributed by atoms with van der Waals surface area (Å²) < 4.78 is 5.45. The minimum absolute atomic E-state index is 0.0112. The van der Waals surface area contributed by atoms with Crippen LogP contribution in [-0.4, -0.2) is 29.8 Å². The average molecular weight is 282 g/mol. The van der Waals surface area contributed by atoms with Gasteiger partial charge < -0.3 is 15.2 Å². The molecule has 0 amide bonds. The van der Waals surface area contributed by atoms with Crippen molar-refractivity contribution in [3.63, 3.8) is 0 Å². The smallest absolute Gasteiger partial charge is 0.275 e. The maximum atomic E-state index is 10.9. The van der Waals surface area contributed by atoms with Gasteiger partial charge in [0.15, 0.2) is 0 Å². The van der Waals surface area contributed by atoms with Crippen molar-refractivity contribution in [2.75, 3.05) is 25.1 Å². The second-order valence-electron chi connectivity index (χ2n) is 5.50. The van der Waals surface area contributed by atoms with Crippen LogP contribution in [0.5, 0.6) is 5.75 Å². The molecule has 0 atom stereocenters. The third-order valence-corrected chi connectivity index (χ3v) is 2.77. The molecule has 0 radical (unpaired) electrons. The maximum Gasteiger partial charge on any atom is 0.275 e. The number of anilines is 1. The van der Waals surface area contributed by atoms with Crippen molar-refractivity contribution in [3.8, 4) is 5.75 Å². The molecule has 0 aliphatic heterocycles. The lowest BCUT2D eigenvalue weighted by molar-refractivity contribution is -0.384. The van der Waals surface area contributed by atoms with Gasteiger partial charge in [0.05, 0.1) is 17.6 Å². The molecule has 112 valence electrons. The van der Waals surface area contributed by atoms with E-state index in [1.807, 2.05) is 20.8 Å². The number of nitrogens with one attached hydrogen (secondary N) is 1. The van der Waals surface area contributed by atoms with Crippen LogP contribution in [0.4, 0.5) is 11.4 Å². The highest BCUT2D eigenvalue weighted by Crippen LogP contribution is 2.27. The zero-order valence-corrected chi connectivity index (χ0v) is 12.2. The standard InChI is InChI=1S/C14H22N2O4/c1-4-5-20-13-7-11(6-12(8-13)16(18)19)15-9-14(2,3)10-17/h6-8,15,17H,4-5,9-10H2,1-3H3. The molecule has 6 nitrogen and oxygen atoms in total. The minimum atomic E-state index is -0.443. The van der Waals surface area contributed by atoms with Gasteiger partial charge in [-0.1, -0.05) is 20.8 Å². The normalized spacial score (nSPS) is 11.2. The van der Waals surface area contributed by atoms with E-state index < -0.39 is 4.92 Å². The Labute approximate surface area is 118 Å². The summed E-state index contributed by atoms with van der Waals surface area (Å²) in [6, 6.07) is 4.61. The number of ether oxygens (including phenoxy) is 1. The Kier molecular flexibility index (Phi) is 5.76. The largest absolute Gasteiger partial charge is 0.493 e. The number of rotatable bonds is 8. The Morgan fingerprint density at radius 2 is 2.10 bits per heavy atom. The van der Waals surface area contributed by atoms with E-state index >= 15 is 0 Å². The molecule has 0 aromatic heterocycles. The Morgan fingerprint density at radius 3 is 2.65 bits per heavy atom. The maximum absolute atomic E-state index is 10.9. The zero-order valence-electron chi connectivity index (χ0n) is 12.2. The first-order valence-electron chi connectivity index (χ1n) is 6.65. The zero-order chi connectivity index (χ0) is 15.2. The summed E-state index contributed by atoms with van der Waals surface area (Å²) in [5.74, 6) is 0.477. The van der Waals surface area contributed by atoms with E-state index in [0.717, 1.165) is 6.42 Å². The van der Waals surface area contributed by atoms with Crippen LogP contribution in [0.15, 0.2) is 18.2 Å². The number of hydrogen-bond donors (Lipinski definition) is 2. The lowest BCUT2D eigenvalue weighted by Crippen LogP contribution is -2.26. The van der Waals surface area contributed by atoms with Gasteiger partial charge in [-0.15, -0.1) is 0 Å². The summed E-state index contributed by atoms with van der Waals surface area (Å²) in [6.07, 6.45) is 0.836. The summed E-state index contributed by atoms with van der Waals surface area (Å²) >= 11 is 0. The predicted octanol–water partition coefficient (Wildman–Crippen LogP) is 2.81. The molecule has 20 heavy (non-hydrogen) atoms. The fraction of sp³-hybridized carbons (Fsp3) is 0.571. The van der Waals surface area contributed by atoms with Crippen molar-refractivity contribution in [2.24, 2.45) is 5.41 Å².